The molecule has 2 aromatic rings. The van der Waals surface area contributed by atoms with E-state index in [4.69, 9.17) is 14.2 Å². The second kappa shape index (κ2) is 8.44. The Balaban J connectivity index is 1.69. The van der Waals surface area contributed by atoms with Crippen LogP contribution in [0.1, 0.15) is 25.0 Å². The van der Waals surface area contributed by atoms with Crippen molar-refractivity contribution in [1.82, 2.24) is 0 Å². The predicted molar refractivity (Wildman–Crippen MR) is 102 cm³/mol. The van der Waals surface area contributed by atoms with Crippen LogP contribution < -0.4 is 0 Å². The molecule has 3 rings (SSSR count). The average Bonchev–Trinajstić information content (AvgIpc) is 2.99. The van der Waals surface area contributed by atoms with Gasteiger partial charge in [-0.3, -0.25) is 4.21 Å². The summed E-state index contributed by atoms with van der Waals surface area (Å²) in [6, 6.07) is 17.8. The van der Waals surface area contributed by atoms with Gasteiger partial charge in [-0.25, -0.2) is 0 Å². The molecule has 0 aromatic heterocycles. The predicted octanol–water partition coefficient (Wildman–Crippen LogP) is 3.84. The molecule has 0 bridgehead atoms. The molecule has 0 aliphatic carbocycles. The lowest BCUT2D eigenvalue weighted by molar-refractivity contribution is -0.155. The van der Waals surface area contributed by atoms with Crippen molar-refractivity contribution in [2.24, 2.45) is 0 Å². The maximum Gasteiger partial charge on any atom is 0.163 e. The Labute approximate surface area is 157 Å². The van der Waals surface area contributed by atoms with Gasteiger partial charge in [0.05, 0.1) is 35.9 Å². The maximum absolute atomic E-state index is 12.8. The van der Waals surface area contributed by atoms with Gasteiger partial charge < -0.3 is 14.2 Å². The average molecular weight is 375 g/mol. The SMILES string of the molecule is Cc1ccc(S(=O)C[C@H](OCc2ccccc2)[C@H]2COC(C)(C)O2)cc1. The highest BCUT2D eigenvalue weighted by Gasteiger charge is 2.38. The zero-order chi connectivity index (χ0) is 18.6. The first-order valence-electron chi connectivity index (χ1n) is 8.85. The minimum absolute atomic E-state index is 0.233. The monoisotopic (exact) mass is 374 g/mol. The minimum atomic E-state index is -1.16. The zero-order valence-corrected chi connectivity index (χ0v) is 16.3. The molecule has 5 heteroatoms. The summed E-state index contributed by atoms with van der Waals surface area (Å²) in [6.45, 7) is 6.69. The standard InChI is InChI=1S/C21H26O4S/c1-16-9-11-18(12-10-16)26(22)15-20(19-14-24-21(2,3)25-19)23-13-17-7-5-4-6-8-17/h4-12,19-20H,13-15H2,1-3H3/t19-,20+,26?/m1/s1. The van der Waals surface area contributed by atoms with Gasteiger partial charge in [0.25, 0.3) is 0 Å². The normalized spacial score (nSPS) is 21.4. The first-order valence-corrected chi connectivity index (χ1v) is 10.2. The summed E-state index contributed by atoms with van der Waals surface area (Å²) in [5, 5.41) is 0. The highest BCUT2D eigenvalue weighted by atomic mass is 32.2. The van der Waals surface area contributed by atoms with Gasteiger partial charge in [0.1, 0.15) is 6.10 Å². The number of rotatable bonds is 7. The molecule has 1 aliphatic rings. The summed E-state index contributed by atoms with van der Waals surface area (Å²) in [5.74, 6) is -0.260. The zero-order valence-electron chi connectivity index (χ0n) is 15.5. The lowest BCUT2D eigenvalue weighted by Crippen LogP contribution is -2.37. The topological polar surface area (TPSA) is 44.8 Å². The fraction of sp³-hybridized carbons (Fsp3) is 0.429. The van der Waals surface area contributed by atoms with Crippen LogP contribution in [0.5, 0.6) is 0 Å². The molecule has 3 atom stereocenters. The van der Waals surface area contributed by atoms with Crippen LogP contribution in [-0.4, -0.2) is 34.6 Å². The van der Waals surface area contributed by atoms with E-state index in [0.717, 1.165) is 16.0 Å². The molecule has 26 heavy (non-hydrogen) atoms. The molecular formula is C21H26O4S. The lowest BCUT2D eigenvalue weighted by Gasteiger charge is -2.24. The van der Waals surface area contributed by atoms with E-state index >= 15 is 0 Å². The molecule has 0 saturated carbocycles. The van der Waals surface area contributed by atoms with Crippen molar-refractivity contribution in [2.45, 2.75) is 50.3 Å². The second-order valence-corrected chi connectivity index (χ2v) is 8.52. The Morgan fingerprint density at radius 2 is 1.85 bits per heavy atom. The van der Waals surface area contributed by atoms with E-state index in [9.17, 15) is 4.21 Å². The molecule has 1 heterocycles. The molecule has 1 saturated heterocycles. The summed E-state index contributed by atoms with van der Waals surface area (Å²) < 4.78 is 30.6. The van der Waals surface area contributed by atoms with E-state index in [1.807, 2.05) is 75.4 Å². The number of hydrogen-bond donors (Lipinski definition) is 0. The number of benzene rings is 2. The summed E-state index contributed by atoms with van der Waals surface area (Å²) in [4.78, 5) is 0.807. The summed E-state index contributed by atoms with van der Waals surface area (Å²) in [7, 11) is -1.16. The fourth-order valence-electron chi connectivity index (χ4n) is 2.87. The molecule has 1 aliphatic heterocycles. The van der Waals surface area contributed by atoms with Crippen LogP contribution >= 0.6 is 0 Å². The number of ether oxygens (including phenoxy) is 3. The van der Waals surface area contributed by atoms with Crippen molar-refractivity contribution in [1.29, 1.82) is 0 Å². The highest BCUT2D eigenvalue weighted by Crippen LogP contribution is 2.27. The number of hydrogen-bond acceptors (Lipinski definition) is 4. The van der Waals surface area contributed by atoms with E-state index in [2.05, 4.69) is 0 Å². The first-order chi connectivity index (χ1) is 12.4. The molecule has 0 amide bonds. The Kier molecular flexibility index (Phi) is 6.24. The molecule has 4 nitrogen and oxygen atoms in total. The number of aryl methyl sites for hydroxylation is 1. The van der Waals surface area contributed by atoms with E-state index in [1.54, 1.807) is 0 Å². The van der Waals surface area contributed by atoms with E-state index in [0.29, 0.717) is 19.0 Å². The molecule has 140 valence electrons. The third-order valence-corrected chi connectivity index (χ3v) is 5.78. The van der Waals surface area contributed by atoms with E-state index in [-0.39, 0.29) is 12.2 Å². The molecule has 1 fully saturated rings. The molecule has 0 spiro atoms. The molecule has 0 N–H and O–H groups in total. The van der Waals surface area contributed by atoms with Gasteiger partial charge in [-0.05, 0) is 38.5 Å². The fourth-order valence-corrected chi connectivity index (χ4v) is 4.12. The van der Waals surface area contributed by atoms with Gasteiger partial charge in [0.15, 0.2) is 5.79 Å². The summed E-state index contributed by atoms with van der Waals surface area (Å²) in [5.41, 5.74) is 2.23. The molecular weight excluding hydrogens is 348 g/mol. The molecule has 1 unspecified atom stereocenters. The van der Waals surface area contributed by atoms with Crippen LogP contribution in [0.15, 0.2) is 59.5 Å². The van der Waals surface area contributed by atoms with Gasteiger partial charge in [0, 0.05) is 4.90 Å². The van der Waals surface area contributed by atoms with Crippen LogP contribution in [0.4, 0.5) is 0 Å². The van der Waals surface area contributed by atoms with Crippen molar-refractivity contribution >= 4 is 10.8 Å². The van der Waals surface area contributed by atoms with Crippen LogP contribution in [0.3, 0.4) is 0 Å². The smallest absolute Gasteiger partial charge is 0.163 e. The maximum atomic E-state index is 12.8. The molecule has 0 radical (unpaired) electrons. The highest BCUT2D eigenvalue weighted by molar-refractivity contribution is 7.85. The van der Waals surface area contributed by atoms with E-state index < -0.39 is 16.6 Å². The van der Waals surface area contributed by atoms with Crippen molar-refractivity contribution < 1.29 is 18.4 Å². The van der Waals surface area contributed by atoms with Crippen molar-refractivity contribution in [2.75, 3.05) is 12.4 Å². The largest absolute Gasteiger partial charge is 0.370 e. The quantitative estimate of drug-likeness (QED) is 0.739. The van der Waals surface area contributed by atoms with Gasteiger partial charge >= 0.3 is 0 Å². The van der Waals surface area contributed by atoms with Crippen LogP contribution in [0, 0.1) is 6.92 Å². The Hall–Kier alpha value is -1.53. The minimum Gasteiger partial charge on any atom is -0.370 e. The third-order valence-electron chi connectivity index (χ3n) is 4.35. The third kappa shape index (κ3) is 5.24. The van der Waals surface area contributed by atoms with Gasteiger partial charge in [-0.1, -0.05) is 48.0 Å². The van der Waals surface area contributed by atoms with Crippen molar-refractivity contribution in [3.05, 3.63) is 65.7 Å². The van der Waals surface area contributed by atoms with Crippen molar-refractivity contribution in [3.8, 4) is 0 Å². The Bertz CT molecular complexity index is 727. The Morgan fingerprint density at radius 3 is 2.46 bits per heavy atom. The van der Waals surface area contributed by atoms with Gasteiger partial charge in [0.2, 0.25) is 0 Å². The summed E-state index contributed by atoms with van der Waals surface area (Å²) >= 11 is 0. The van der Waals surface area contributed by atoms with Crippen molar-refractivity contribution in [3.63, 3.8) is 0 Å². The second-order valence-electron chi connectivity index (χ2n) is 7.03. The van der Waals surface area contributed by atoms with Gasteiger partial charge in [-0.2, -0.15) is 0 Å². The summed E-state index contributed by atoms with van der Waals surface area (Å²) in [6.07, 6.45) is -0.540. The van der Waals surface area contributed by atoms with Crippen LogP contribution in [0.25, 0.3) is 0 Å². The van der Waals surface area contributed by atoms with Gasteiger partial charge in [-0.15, -0.1) is 0 Å². The lowest BCUT2D eigenvalue weighted by atomic mass is 10.2. The first kappa shape index (κ1) is 19.2. The van der Waals surface area contributed by atoms with E-state index in [1.165, 1.54) is 0 Å². The molecule has 2 aromatic carbocycles. The van der Waals surface area contributed by atoms with Crippen LogP contribution in [-0.2, 0) is 31.6 Å². The Morgan fingerprint density at radius 1 is 1.15 bits per heavy atom. The van der Waals surface area contributed by atoms with Crippen LogP contribution in [0.2, 0.25) is 0 Å².